The molecular weight excluding hydrogens is 216 g/mol. The van der Waals surface area contributed by atoms with Gasteiger partial charge < -0.3 is 9.47 Å². The topological polar surface area (TPSA) is 35.5 Å². The Kier molecular flexibility index (Phi) is 3.79. The van der Waals surface area contributed by atoms with Crippen molar-refractivity contribution in [1.82, 2.24) is 0 Å². The number of hydrogen-bond acceptors (Lipinski definition) is 3. The minimum Gasteiger partial charge on any atom is -0.497 e. The lowest BCUT2D eigenvalue weighted by atomic mass is 9.90. The van der Waals surface area contributed by atoms with Gasteiger partial charge in [0, 0.05) is 12.2 Å². The fraction of sp³-hybridized carbons (Fsp3) is 0.500. The Morgan fingerprint density at radius 1 is 1.41 bits per heavy atom. The third-order valence-electron chi connectivity index (χ3n) is 3.32. The van der Waals surface area contributed by atoms with Crippen molar-refractivity contribution in [2.75, 3.05) is 13.7 Å². The predicted molar refractivity (Wildman–Crippen MR) is 65.5 cm³/mol. The van der Waals surface area contributed by atoms with Crippen LogP contribution in [-0.2, 0) is 4.74 Å². The van der Waals surface area contributed by atoms with Gasteiger partial charge in [-0.2, -0.15) is 0 Å². The van der Waals surface area contributed by atoms with Crippen molar-refractivity contribution >= 4 is 5.78 Å². The van der Waals surface area contributed by atoms with Crippen LogP contribution in [0.3, 0.4) is 0 Å². The van der Waals surface area contributed by atoms with Crippen molar-refractivity contribution in [2.24, 2.45) is 5.92 Å². The van der Waals surface area contributed by atoms with Gasteiger partial charge in [-0.25, -0.2) is 0 Å². The molecule has 2 rings (SSSR count). The molecule has 2 unspecified atom stereocenters. The number of Topliss-reactive ketones (excluding diaryl/α,β-unsaturated/α-hetero) is 1. The Labute approximate surface area is 102 Å². The van der Waals surface area contributed by atoms with E-state index in [1.54, 1.807) is 7.11 Å². The summed E-state index contributed by atoms with van der Waals surface area (Å²) in [6.45, 7) is 2.76. The highest BCUT2D eigenvalue weighted by Gasteiger charge is 2.33. The second-order valence-electron chi connectivity index (χ2n) is 4.31. The minimum absolute atomic E-state index is 0.0217. The maximum Gasteiger partial charge on any atom is 0.168 e. The third kappa shape index (κ3) is 2.50. The molecule has 1 fully saturated rings. The van der Waals surface area contributed by atoms with Gasteiger partial charge in [0.25, 0.3) is 0 Å². The summed E-state index contributed by atoms with van der Waals surface area (Å²) >= 11 is 0. The Bertz CT molecular complexity index is 383. The highest BCUT2D eigenvalue weighted by Crippen LogP contribution is 2.27. The molecule has 3 heteroatoms. The van der Waals surface area contributed by atoms with Crippen LogP contribution >= 0.6 is 0 Å². The number of hydrogen-bond donors (Lipinski definition) is 0. The third-order valence-corrected chi connectivity index (χ3v) is 3.32. The zero-order valence-corrected chi connectivity index (χ0v) is 10.3. The maximum absolute atomic E-state index is 12.3. The van der Waals surface area contributed by atoms with Crippen molar-refractivity contribution < 1.29 is 14.3 Å². The molecule has 0 amide bonds. The van der Waals surface area contributed by atoms with Gasteiger partial charge in [0.1, 0.15) is 5.75 Å². The molecule has 0 aromatic heterocycles. The van der Waals surface area contributed by atoms with Crippen LogP contribution in [0, 0.1) is 5.92 Å². The Morgan fingerprint density at radius 2 is 2.12 bits per heavy atom. The van der Waals surface area contributed by atoms with E-state index < -0.39 is 0 Å². The summed E-state index contributed by atoms with van der Waals surface area (Å²) in [6.07, 6.45) is 1.82. The van der Waals surface area contributed by atoms with Crippen molar-refractivity contribution in [3.8, 4) is 5.75 Å². The molecule has 0 bridgehead atoms. The molecule has 92 valence electrons. The van der Waals surface area contributed by atoms with Gasteiger partial charge >= 0.3 is 0 Å². The Balaban J connectivity index is 2.13. The molecule has 1 aromatic carbocycles. The fourth-order valence-corrected chi connectivity index (χ4v) is 2.32. The summed E-state index contributed by atoms with van der Waals surface area (Å²) in [4.78, 5) is 12.3. The molecule has 1 aromatic rings. The molecule has 1 heterocycles. The summed E-state index contributed by atoms with van der Waals surface area (Å²) in [7, 11) is 1.62. The van der Waals surface area contributed by atoms with Crippen molar-refractivity contribution in [1.29, 1.82) is 0 Å². The van der Waals surface area contributed by atoms with Crippen LogP contribution in [0.15, 0.2) is 24.3 Å². The number of carbonyl (C=O) groups excluding carboxylic acids is 1. The van der Waals surface area contributed by atoms with Crippen LogP contribution in [0.2, 0.25) is 0 Å². The first-order valence-electron chi connectivity index (χ1n) is 6.06. The number of benzene rings is 1. The molecule has 0 saturated carbocycles. The predicted octanol–water partition coefficient (Wildman–Crippen LogP) is 2.69. The molecule has 3 nitrogen and oxygen atoms in total. The number of ether oxygens (including phenoxy) is 2. The molecule has 0 aliphatic carbocycles. The van der Waals surface area contributed by atoms with E-state index in [4.69, 9.17) is 9.47 Å². The van der Waals surface area contributed by atoms with Crippen molar-refractivity contribution in [2.45, 2.75) is 25.9 Å². The molecule has 0 N–H and O–H groups in total. The average molecular weight is 234 g/mol. The van der Waals surface area contributed by atoms with Gasteiger partial charge in [-0.05, 0) is 37.1 Å². The summed E-state index contributed by atoms with van der Waals surface area (Å²) < 4.78 is 10.6. The van der Waals surface area contributed by atoms with Crippen molar-refractivity contribution in [3.63, 3.8) is 0 Å². The zero-order chi connectivity index (χ0) is 12.3. The standard InChI is InChI=1S/C14H18O3/c1-3-13-12(8-9-17-13)14(15)10-4-6-11(16-2)7-5-10/h4-7,12-13H,3,8-9H2,1-2H3. The zero-order valence-electron chi connectivity index (χ0n) is 10.3. The lowest BCUT2D eigenvalue weighted by molar-refractivity contribution is 0.0689. The van der Waals surface area contributed by atoms with Gasteiger partial charge in [-0.3, -0.25) is 4.79 Å². The second-order valence-corrected chi connectivity index (χ2v) is 4.31. The molecule has 1 aliphatic rings. The summed E-state index contributed by atoms with van der Waals surface area (Å²) in [5, 5.41) is 0. The quantitative estimate of drug-likeness (QED) is 0.751. The number of ketones is 1. The highest BCUT2D eigenvalue weighted by molar-refractivity contribution is 5.98. The van der Waals surface area contributed by atoms with E-state index in [1.165, 1.54) is 0 Å². The first-order chi connectivity index (χ1) is 8.26. The number of methoxy groups -OCH3 is 1. The lowest BCUT2D eigenvalue weighted by Crippen LogP contribution is -2.23. The highest BCUT2D eigenvalue weighted by atomic mass is 16.5. The molecule has 0 spiro atoms. The normalized spacial score (nSPS) is 23.6. The summed E-state index contributed by atoms with van der Waals surface area (Å²) in [6, 6.07) is 7.30. The second kappa shape index (κ2) is 5.32. The van der Waals surface area contributed by atoms with Crippen molar-refractivity contribution in [3.05, 3.63) is 29.8 Å². The maximum atomic E-state index is 12.3. The van der Waals surface area contributed by atoms with E-state index in [-0.39, 0.29) is 17.8 Å². The van der Waals surface area contributed by atoms with Crippen LogP contribution in [0.5, 0.6) is 5.75 Å². The first-order valence-corrected chi connectivity index (χ1v) is 6.06. The van der Waals surface area contributed by atoms with Gasteiger partial charge in [0.15, 0.2) is 5.78 Å². The SMILES string of the molecule is CCC1OCCC1C(=O)c1ccc(OC)cc1. The van der Waals surface area contributed by atoms with E-state index in [2.05, 4.69) is 6.92 Å². The van der Waals surface area contributed by atoms with Crippen LogP contribution in [0.25, 0.3) is 0 Å². The molecule has 0 radical (unpaired) electrons. The van der Waals surface area contributed by atoms with Crippen LogP contribution < -0.4 is 4.74 Å². The molecule has 1 aliphatic heterocycles. The Hall–Kier alpha value is -1.35. The first kappa shape index (κ1) is 12.1. The molecule has 2 atom stereocenters. The fourth-order valence-electron chi connectivity index (χ4n) is 2.32. The minimum atomic E-state index is 0.0217. The summed E-state index contributed by atoms with van der Waals surface area (Å²) in [5.74, 6) is 0.988. The van der Waals surface area contributed by atoms with Crippen LogP contribution in [0.1, 0.15) is 30.1 Å². The van der Waals surface area contributed by atoms with E-state index in [0.29, 0.717) is 6.61 Å². The molecule has 17 heavy (non-hydrogen) atoms. The monoisotopic (exact) mass is 234 g/mol. The number of rotatable bonds is 4. The summed E-state index contributed by atoms with van der Waals surface area (Å²) in [5.41, 5.74) is 0.750. The molecular formula is C14H18O3. The average Bonchev–Trinajstić information content (AvgIpc) is 2.86. The lowest BCUT2D eigenvalue weighted by Gasteiger charge is -2.15. The van der Waals surface area contributed by atoms with E-state index in [1.807, 2.05) is 24.3 Å². The molecule has 1 saturated heterocycles. The largest absolute Gasteiger partial charge is 0.497 e. The Morgan fingerprint density at radius 3 is 2.71 bits per heavy atom. The van der Waals surface area contributed by atoms with E-state index in [0.717, 1.165) is 24.2 Å². The van der Waals surface area contributed by atoms with Crippen LogP contribution in [0.4, 0.5) is 0 Å². The van der Waals surface area contributed by atoms with Gasteiger partial charge in [-0.15, -0.1) is 0 Å². The van der Waals surface area contributed by atoms with Crippen LogP contribution in [-0.4, -0.2) is 25.6 Å². The smallest absolute Gasteiger partial charge is 0.168 e. The van der Waals surface area contributed by atoms with E-state index in [9.17, 15) is 4.79 Å². The van der Waals surface area contributed by atoms with Gasteiger partial charge in [0.2, 0.25) is 0 Å². The van der Waals surface area contributed by atoms with Gasteiger partial charge in [0.05, 0.1) is 19.1 Å². The number of carbonyl (C=O) groups is 1. The van der Waals surface area contributed by atoms with E-state index >= 15 is 0 Å². The van der Waals surface area contributed by atoms with Gasteiger partial charge in [-0.1, -0.05) is 6.92 Å².